The SMILES string of the molecule is O=C(c1cccc(Cl)c1)N1CCS[C@H]1c1cccc(Cl)c1. The molecule has 3 rings (SSSR count). The lowest BCUT2D eigenvalue weighted by molar-refractivity contribution is 0.0760. The topological polar surface area (TPSA) is 20.3 Å². The molecule has 2 aromatic rings. The third-order valence-electron chi connectivity index (χ3n) is 3.36. The van der Waals surface area contributed by atoms with Crippen molar-refractivity contribution in [3.05, 3.63) is 69.7 Å². The van der Waals surface area contributed by atoms with Gasteiger partial charge in [-0.3, -0.25) is 4.79 Å². The molecule has 2 aromatic carbocycles. The molecule has 0 N–H and O–H groups in total. The van der Waals surface area contributed by atoms with E-state index >= 15 is 0 Å². The van der Waals surface area contributed by atoms with Gasteiger partial charge in [0.15, 0.2) is 0 Å². The lowest BCUT2D eigenvalue weighted by Gasteiger charge is -2.24. The minimum Gasteiger partial charge on any atom is -0.322 e. The second kappa shape index (κ2) is 6.30. The average molecular weight is 338 g/mol. The number of rotatable bonds is 2. The molecule has 108 valence electrons. The second-order valence-corrected chi connectivity index (χ2v) is 6.85. The van der Waals surface area contributed by atoms with Gasteiger partial charge in [0.2, 0.25) is 0 Å². The molecular weight excluding hydrogens is 325 g/mol. The molecule has 0 aliphatic carbocycles. The smallest absolute Gasteiger partial charge is 0.255 e. The molecule has 0 unspecified atom stereocenters. The van der Waals surface area contributed by atoms with Gasteiger partial charge in [0, 0.05) is 27.9 Å². The highest BCUT2D eigenvalue weighted by Gasteiger charge is 2.31. The monoisotopic (exact) mass is 337 g/mol. The molecule has 1 atom stereocenters. The van der Waals surface area contributed by atoms with Crippen LogP contribution in [0.15, 0.2) is 48.5 Å². The molecule has 1 fully saturated rings. The van der Waals surface area contributed by atoms with Crippen LogP contribution in [0.1, 0.15) is 21.3 Å². The first-order chi connectivity index (χ1) is 10.1. The summed E-state index contributed by atoms with van der Waals surface area (Å²) in [4.78, 5) is 14.6. The van der Waals surface area contributed by atoms with E-state index in [1.807, 2.05) is 29.2 Å². The van der Waals surface area contributed by atoms with Crippen LogP contribution in [-0.2, 0) is 0 Å². The molecule has 1 saturated heterocycles. The summed E-state index contributed by atoms with van der Waals surface area (Å²) in [6.45, 7) is 0.729. The van der Waals surface area contributed by atoms with Gasteiger partial charge in [-0.25, -0.2) is 0 Å². The Balaban J connectivity index is 1.89. The van der Waals surface area contributed by atoms with Crippen molar-refractivity contribution >= 4 is 40.9 Å². The highest BCUT2D eigenvalue weighted by atomic mass is 35.5. The van der Waals surface area contributed by atoms with Crippen molar-refractivity contribution in [2.45, 2.75) is 5.37 Å². The van der Waals surface area contributed by atoms with Gasteiger partial charge in [0.25, 0.3) is 5.91 Å². The molecule has 1 amide bonds. The summed E-state index contributed by atoms with van der Waals surface area (Å²) < 4.78 is 0. The van der Waals surface area contributed by atoms with Crippen LogP contribution in [0.5, 0.6) is 0 Å². The Bertz CT molecular complexity index is 677. The molecule has 5 heteroatoms. The molecule has 2 nitrogen and oxygen atoms in total. The van der Waals surface area contributed by atoms with Crippen molar-refractivity contribution < 1.29 is 4.79 Å². The van der Waals surface area contributed by atoms with E-state index in [1.54, 1.807) is 36.0 Å². The standard InChI is InChI=1S/C16H13Cl2NOS/c17-13-5-1-3-11(9-13)15(20)19-7-8-21-16(19)12-4-2-6-14(18)10-12/h1-6,9-10,16H,7-8H2/t16-/m0/s1. The van der Waals surface area contributed by atoms with E-state index in [0.29, 0.717) is 15.6 Å². The van der Waals surface area contributed by atoms with Crippen LogP contribution in [0.3, 0.4) is 0 Å². The molecule has 0 saturated carbocycles. The Hall–Kier alpha value is -1.16. The van der Waals surface area contributed by atoms with Gasteiger partial charge >= 0.3 is 0 Å². The van der Waals surface area contributed by atoms with Gasteiger partial charge in [-0.15, -0.1) is 11.8 Å². The predicted octanol–water partition coefficient (Wildman–Crippen LogP) is 4.88. The minimum absolute atomic E-state index is 0.00692. The number of thioether (sulfide) groups is 1. The first-order valence-electron chi connectivity index (χ1n) is 6.59. The van der Waals surface area contributed by atoms with Gasteiger partial charge in [-0.05, 0) is 35.9 Å². The fourth-order valence-corrected chi connectivity index (χ4v) is 4.04. The molecule has 21 heavy (non-hydrogen) atoms. The second-order valence-electron chi connectivity index (χ2n) is 4.79. The zero-order valence-electron chi connectivity index (χ0n) is 11.1. The fourth-order valence-electron chi connectivity index (χ4n) is 2.40. The summed E-state index contributed by atoms with van der Waals surface area (Å²) in [6.07, 6.45) is 0. The highest BCUT2D eigenvalue weighted by molar-refractivity contribution is 7.99. The zero-order valence-corrected chi connectivity index (χ0v) is 13.5. The average Bonchev–Trinajstić information content (AvgIpc) is 2.96. The van der Waals surface area contributed by atoms with Crippen molar-refractivity contribution in [2.24, 2.45) is 0 Å². The van der Waals surface area contributed by atoms with Crippen LogP contribution in [0.2, 0.25) is 10.0 Å². The van der Waals surface area contributed by atoms with Gasteiger partial charge in [-0.1, -0.05) is 41.4 Å². The van der Waals surface area contributed by atoms with Gasteiger partial charge < -0.3 is 4.90 Å². The van der Waals surface area contributed by atoms with E-state index < -0.39 is 0 Å². The van der Waals surface area contributed by atoms with E-state index in [9.17, 15) is 4.79 Å². The lowest BCUT2D eigenvalue weighted by atomic mass is 10.1. The van der Waals surface area contributed by atoms with Crippen LogP contribution >= 0.6 is 35.0 Å². The number of halogens is 2. The van der Waals surface area contributed by atoms with Crippen LogP contribution in [0.25, 0.3) is 0 Å². The van der Waals surface area contributed by atoms with E-state index in [2.05, 4.69) is 0 Å². The first-order valence-corrected chi connectivity index (χ1v) is 8.39. The van der Waals surface area contributed by atoms with Gasteiger partial charge in [0.1, 0.15) is 5.37 Å². The van der Waals surface area contributed by atoms with Gasteiger partial charge in [0.05, 0.1) is 0 Å². The summed E-state index contributed by atoms with van der Waals surface area (Å²) in [5.41, 5.74) is 1.68. The number of amides is 1. The maximum Gasteiger partial charge on any atom is 0.255 e. The fraction of sp³-hybridized carbons (Fsp3) is 0.188. The maximum absolute atomic E-state index is 12.7. The number of hydrogen-bond donors (Lipinski definition) is 0. The Labute approximate surface area is 138 Å². The molecule has 1 aliphatic rings. The van der Waals surface area contributed by atoms with Crippen LogP contribution in [0.4, 0.5) is 0 Å². The van der Waals surface area contributed by atoms with Crippen LogP contribution in [-0.4, -0.2) is 23.1 Å². The first kappa shape index (κ1) is 14.8. The summed E-state index contributed by atoms with van der Waals surface area (Å²) >= 11 is 13.8. The van der Waals surface area contributed by atoms with E-state index in [1.165, 1.54) is 0 Å². The van der Waals surface area contributed by atoms with Crippen molar-refractivity contribution in [3.8, 4) is 0 Å². The van der Waals surface area contributed by atoms with Crippen molar-refractivity contribution in [3.63, 3.8) is 0 Å². The Kier molecular flexibility index (Phi) is 4.43. The maximum atomic E-state index is 12.7. The van der Waals surface area contributed by atoms with E-state index in [4.69, 9.17) is 23.2 Å². The zero-order chi connectivity index (χ0) is 14.8. The van der Waals surface area contributed by atoms with Crippen LogP contribution < -0.4 is 0 Å². The van der Waals surface area contributed by atoms with E-state index in [-0.39, 0.29) is 11.3 Å². The summed E-state index contributed by atoms with van der Waals surface area (Å²) in [6, 6.07) is 14.8. The normalized spacial score (nSPS) is 18.0. The van der Waals surface area contributed by atoms with Crippen molar-refractivity contribution in [1.29, 1.82) is 0 Å². The molecule has 0 bridgehead atoms. The minimum atomic E-state index is 0.00692. The quantitative estimate of drug-likeness (QED) is 0.778. The molecule has 0 aromatic heterocycles. The van der Waals surface area contributed by atoms with Gasteiger partial charge in [-0.2, -0.15) is 0 Å². The third-order valence-corrected chi connectivity index (χ3v) is 5.09. The molecule has 1 aliphatic heterocycles. The molecule has 1 heterocycles. The van der Waals surface area contributed by atoms with Crippen molar-refractivity contribution in [1.82, 2.24) is 4.90 Å². The van der Waals surface area contributed by atoms with Crippen molar-refractivity contribution in [2.75, 3.05) is 12.3 Å². The third kappa shape index (κ3) is 3.20. The number of nitrogens with zero attached hydrogens (tertiary/aromatic N) is 1. The summed E-state index contributed by atoms with van der Waals surface area (Å²) in [7, 11) is 0. The number of carbonyl (C=O) groups is 1. The van der Waals surface area contributed by atoms with Crippen LogP contribution in [0, 0.1) is 0 Å². The predicted molar refractivity (Wildman–Crippen MR) is 89.1 cm³/mol. The summed E-state index contributed by atoms with van der Waals surface area (Å²) in [5.74, 6) is 0.927. The molecular formula is C16H13Cl2NOS. The number of benzene rings is 2. The molecule has 0 radical (unpaired) electrons. The number of carbonyl (C=O) groups excluding carboxylic acids is 1. The summed E-state index contributed by atoms with van der Waals surface area (Å²) in [5, 5.41) is 1.28. The number of hydrogen-bond acceptors (Lipinski definition) is 2. The lowest BCUT2D eigenvalue weighted by Crippen LogP contribution is -2.30. The highest BCUT2D eigenvalue weighted by Crippen LogP contribution is 2.39. The Morgan fingerprint density at radius 2 is 1.81 bits per heavy atom. The Morgan fingerprint density at radius 3 is 2.52 bits per heavy atom. The van der Waals surface area contributed by atoms with E-state index in [0.717, 1.165) is 17.9 Å². The largest absolute Gasteiger partial charge is 0.322 e. The Morgan fingerprint density at radius 1 is 1.10 bits per heavy atom. The molecule has 0 spiro atoms.